The lowest BCUT2D eigenvalue weighted by atomic mass is 10.00. The summed E-state index contributed by atoms with van der Waals surface area (Å²) in [4.78, 5) is 15.8. The van der Waals surface area contributed by atoms with E-state index >= 15 is 0 Å². The number of nitrogen functional groups attached to an aromatic ring is 1. The third-order valence-electron chi connectivity index (χ3n) is 3.19. The average Bonchev–Trinajstić information content (AvgIpc) is 2.85. The normalized spacial score (nSPS) is 12.4. The van der Waals surface area contributed by atoms with Crippen molar-refractivity contribution in [1.82, 2.24) is 20.5 Å². The zero-order chi connectivity index (χ0) is 15.4. The second-order valence-corrected chi connectivity index (χ2v) is 5.58. The number of nitrogens with zero attached hydrogens (tertiary/aromatic N) is 2. The van der Waals surface area contributed by atoms with Crippen molar-refractivity contribution in [3.63, 3.8) is 0 Å². The Labute approximate surface area is 124 Å². The summed E-state index contributed by atoms with van der Waals surface area (Å²) in [5, 5.41) is 8.99. The Morgan fingerprint density at radius 1 is 1.29 bits per heavy atom. The van der Waals surface area contributed by atoms with Crippen molar-refractivity contribution in [2.24, 2.45) is 5.92 Å². The van der Waals surface area contributed by atoms with Crippen molar-refractivity contribution >= 4 is 11.9 Å². The van der Waals surface area contributed by atoms with Gasteiger partial charge in [-0.3, -0.25) is 9.89 Å². The Balaban J connectivity index is 1.99. The van der Waals surface area contributed by atoms with Crippen LogP contribution in [0.5, 0.6) is 0 Å². The van der Waals surface area contributed by atoms with Crippen molar-refractivity contribution in [1.29, 1.82) is 0 Å². The number of carbonyl (C=O) groups is 1. The van der Waals surface area contributed by atoms with Crippen molar-refractivity contribution in [3.05, 3.63) is 41.2 Å². The van der Waals surface area contributed by atoms with E-state index in [0.29, 0.717) is 5.92 Å². The fourth-order valence-corrected chi connectivity index (χ4v) is 2.14. The minimum Gasteiger partial charge on any atom is -0.366 e. The highest BCUT2D eigenvalue weighted by atomic mass is 16.2. The molecular formula is C15H21N5O. The molecule has 2 aromatic rings. The number of H-pyrrole nitrogens is 1. The molecule has 2 rings (SSSR count). The molecule has 4 N–H and O–H groups in total. The predicted octanol–water partition coefficient (Wildman–Crippen LogP) is 2.08. The number of aromatic amines is 1. The lowest BCUT2D eigenvalue weighted by Crippen LogP contribution is -2.27. The zero-order valence-corrected chi connectivity index (χ0v) is 12.6. The molecule has 1 heterocycles. The third kappa shape index (κ3) is 4.05. The Bertz CT molecular complexity index is 603. The van der Waals surface area contributed by atoms with Crippen LogP contribution in [0.4, 0.5) is 5.95 Å². The number of nitrogens with one attached hydrogen (secondary N) is 2. The second-order valence-electron chi connectivity index (χ2n) is 5.58. The molecule has 0 fully saturated rings. The summed E-state index contributed by atoms with van der Waals surface area (Å²) < 4.78 is 0. The summed E-state index contributed by atoms with van der Waals surface area (Å²) in [6, 6.07) is 8.17. The van der Waals surface area contributed by atoms with E-state index in [4.69, 9.17) is 5.73 Å². The molecule has 0 saturated heterocycles. The van der Waals surface area contributed by atoms with Gasteiger partial charge in [0, 0.05) is 0 Å². The minimum atomic E-state index is -0.321. The molecule has 21 heavy (non-hydrogen) atoms. The van der Waals surface area contributed by atoms with Crippen LogP contribution in [0.2, 0.25) is 0 Å². The van der Waals surface area contributed by atoms with E-state index in [0.717, 1.165) is 12.0 Å². The standard InChI is InChI=1S/C15H21N5O/c1-9(2)8-11-4-6-12(7-5-11)10(3)17-14(21)13-18-15(16)20-19-13/h4-7,9-10H,8H2,1-3H3,(H,17,21)(H3,16,18,19,20). The second kappa shape index (κ2) is 6.39. The fraction of sp³-hybridized carbons (Fsp3) is 0.400. The van der Waals surface area contributed by atoms with Gasteiger partial charge >= 0.3 is 0 Å². The van der Waals surface area contributed by atoms with Crippen LogP contribution in [0, 0.1) is 5.92 Å². The molecule has 0 aliphatic rings. The van der Waals surface area contributed by atoms with E-state index in [-0.39, 0.29) is 23.7 Å². The molecule has 0 radical (unpaired) electrons. The van der Waals surface area contributed by atoms with Gasteiger partial charge in [-0.15, -0.1) is 5.10 Å². The van der Waals surface area contributed by atoms with E-state index in [1.807, 2.05) is 19.1 Å². The van der Waals surface area contributed by atoms with Crippen LogP contribution < -0.4 is 11.1 Å². The fourth-order valence-electron chi connectivity index (χ4n) is 2.14. The molecule has 0 aliphatic heterocycles. The van der Waals surface area contributed by atoms with Gasteiger partial charge in [-0.2, -0.15) is 4.98 Å². The third-order valence-corrected chi connectivity index (χ3v) is 3.19. The lowest BCUT2D eigenvalue weighted by molar-refractivity contribution is 0.0930. The molecular weight excluding hydrogens is 266 g/mol. The molecule has 1 aromatic carbocycles. The van der Waals surface area contributed by atoms with Crippen LogP contribution >= 0.6 is 0 Å². The number of amides is 1. The average molecular weight is 287 g/mol. The van der Waals surface area contributed by atoms with Gasteiger partial charge in [-0.1, -0.05) is 38.1 Å². The molecule has 1 atom stereocenters. The molecule has 0 aliphatic carbocycles. The maximum Gasteiger partial charge on any atom is 0.289 e. The predicted molar refractivity (Wildman–Crippen MR) is 81.7 cm³/mol. The van der Waals surface area contributed by atoms with E-state index < -0.39 is 0 Å². The number of anilines is 1. The van der Waals surface area contributed by atoms with Crippen LogP contribution in [0.25, 0.3) is 0 Å². The molecule has 1 aromatic heterocycles. The van der Waals surface area contributed by atoms with Crippen molar-refractivity contribution in [2.45, 2.75) is 33.2 Å². The zero-order valence-electron chi connectivity index (χ0n) is 12.6. The van der Waals surface area contributed by atoms with Gasteiger partial charge < -0.3 is 11.1 Å². The van der Waals surface area contributed by atoms with E-state index in [9.17, 15) is 4.79 Å². The van der Waals surface area contributed by atoms with Crippen molar-refractivity contribution < 1.29 is 4.79 Å². The smallest absolute Gasteiger partial charge is 0.289 e. The quantitative estimate of drug-likeness (QED) is 0.784. The molecule has 6 nitrogen and oxygen atoms in total. The topological polar surface area (TPSA) is 96.7 Å². The maximum absolute atomic E-state index is 12.0. The summed E-state index contributed by atoms with van der Waals surface area (Å²) >= 11 is 0. The highest BCUT2D eigenvalue weighted by molar-refractivity contribution is 5.90. The van der Waals surface area contributed by atoms with Gasteiger partial charge in [0.05, 0.1) is 6.04 Å². The highest BCUT2D eigenvalue weighted by Gasteiger charge is 2.14. The number of carbonyl (C=O) groups excluding carboxylic acids is 1. The SMILES string of the molecule is CC(C)Cc1ccc(C(C)NC(=O)c2nc(N)n[nH]2)cc1. The Hall–Kier alpha value is -2.37. The minimum absolute atomic E-state index is 0.0610. The molecule has 1 unspecified atom stereocenters. The van der Waals surface area contributed by atoms with Gasteiger partial charge in [-0.25, -0.2) is 0 Å². The summed E-state index contributed by atoms with van der Waals surface area (Å²) in [5.74, 6) is 0.490. The molecule has 0 spiro atoms. The highest BCUT2D eigenvalue weighted by Crippen LogP contribution is 2.15. The van der Waals surface area contributed by atoms with E-state index in [1.165, 1.54) is 5.56 Å². The van der Waals surface area contributed by atoms with Gasteiger partial charge in [0.15, 0.2) is 0 Å². The van der Waals surface area contributed by atoms with Gasteiger partial charge in [0.1, 0.15) is 0 Å². The number of rotatable bonds is 5. The van der Waals surface area contributed by atoms with Crippen molar-refractivity contribution in [2.75, 3.05) is 5.73 Å². The van der Waals surface area contributed by atoms with Gasteiger partial charge in [0.25, 0.3) is 5.91 Å². The number of nitrogens with two attached hydrogens (primary N) is 1. The first kappa shape index (κ1) is 15.0. The Morgan fingerprint density at radius 3 is 2.48 bits per heavy atom. The number of hydrogen-bond acceptors (Lipinski definition) is 4. The Morgan fingerprint density at radius 2 is 1.95 bits per heavy atom. The molecule has 112 valence electrons. The van der Waals surface area contributed by atoms with Gasteiger partial charge in [-0.05, 0) is 30.4 Å². The van der Waals surface area contributed by atoms with Crippen LogP contribution in [0.1, 0.15) is 48.6 Å². The van der Waals surface area contributed by atoms with E-state index in [2.05, 4.69) is 46.5 Å². The van der Waals surface area contributed by atoms with Crippen molar-refractivity contribution in [3.8, 4) is 0 Å². The van der Waals surface area contributed by atoms with Crippen LogP contribution in [-0.2, 0) is 6.42 Å². The molecule has 0 saturated carbocycles. The van der Waals surface area contributed by atoms with Crippen LogP contribution in [0.15, 0.2) is 24.3 Å². The summed E-state index contributed by atoms with van der Waals surface area (Å²) in [5.41, 5.74) is 7.73. The first-order valence-corrected chi connectivity index (χ1v) is 7.03. The summed E-state index contributed by atoms with van der Waals surface area (Å²) in [6.45, 7) is 6.31. The number of aromatic nitrogens is 3. The van der Waals surface area contributed by atoms with E-state index in [1.54, 1.807) is 0 Å². The summed E-state index contributed by atoms with van der Waals surface area (Å²) in [7, 11) is 0. The number of hydrogen-bond donors (Lipinski definition) is 3. The maximum atomic E-state index is 12.0. The molecule has 0 bridgehead atoms. The molecule has 6 heteroatoms. The number of benzene rings is 1. The largest absolute Gasteiger partial charge is 0.366 e. The Kier molecular flexibility index (Phi) is 4.57. The van der Waals surface area contributed by atoms with Gasteiger partial charge in [0.2, 0.25) is 11.8 Å². The van der Waals surface area contributed by atoms with Crippen LogP contribution in [-0.4, -0.2) is 21.1 Å². The lowest BCUT2D eigenvalue weighted by Gasteiger charge is -2.14. The molecule has 1 amide bonds. The summed E-state index contributed by atoms with van der Waals surface area (Å²) in [6.07, 6.45) is 1.05. The first-order chi connectivity index (χ1) is 9.95. The first-order valence-electron chi connectivity index (χ1n) is 7.03. The monoisotopic (exact) mass is 287 g/mol. The van der Waals surface area contributed by atoms with Crippen LogP contribution in [0.3, 0.4) is 0 Å².